The Morgan fingerprint density at radius 3 is 2.44 bits per heavy atom. The number of nitrogens with zero attached hydrogens (tertiary/aromatic N) is 1. The summed E-state index contributed by atoms with van der Waals surface area (Å²) in [6.45, 7) is 5.23. The molecule has 2 saturated heterocycles. The second-order valence-electron chi connectivity index (χ2n) is 9.94. The Bertz CT molecular complexity index is 1050. The zero-order chi connectivity index (χ0) is 27.7. The molecule has 13 heteroatoms. The molecule has 4 rings (SSSR count). The van der Waals surface area contributed by atoms with E-state index in [-0.39, 0.29) is 49.1 Å². The molecule has 0 spiro atoms. The maximum Gasteiger partial charge on any atom is 0.255 e. The summed E-state index contributed by atoms with van der Waals surface area (Å²) in [6.07, 6.45) is 0.454. The van der Waals surface area contributed by atoms with Crippen LogP contribution in [-0.2, 0) is 39.9 Å². The van der Waals surface area contributed by atoms with Gasteiger partial charge < -0.3 is 40.2 Å². The zero-order valence-corrected chi connectivity index (χ0v) is 22.0. The highest BCUT2D eigenvalue weighted by Gasteiger charge is 2.40. The summed E-state index contributed by atoms with van der Waals surface area (Å²) >= 11 is 0. The van der Waals surface area contributed by atoms with Crippen molar-refractivity contribution in [2.75, 3.05) is 77.8 Å². The van der Waals surface area contributed by atoms with Crippen molar-refractivity contribution in [1.29, 1.82) is 0 Å². The largest absolute Gasteiger partial charge is 0.378 e. The molecular weight excluding hydrogens is 510 g/mol. The minimum Gasteiger partial charge on any atom is -0.378 e. The van der Waals surface area contributed by atoms with Crippen LogP contribution >= 0.6 is 0 Å². The Kier molecular flexibility index (Phi) is 10.4. The van der Waals surface area contributed by atoms with E-state index in [4.69, 9.17) is 24.7 Å². The Morgan fingerprint density at radius 1 is 1.03 bits per heavy atom. The van der Waals surface area contributed by atoms with Crippen molar-refractivity contribution in [1.82, 2.24) is 15.5 Å². The Labute approximate surface area is 227 Å². The van der Waals surface area contributed by atoms with Crippen LogP contribution in [-0.4, -0.2) is 107 Å². The third-order valence-corrected chi connectivity index (χ3v) is 6.91. The normalized spacial score (nSPS) is 20.0. The Balaban J connectivity index is 1.19. The predicted octanol–water partition coefficient (Wildman–Crippen LogP) is -0.999. The average Bonchev–Trinajstić information content (AvgIpc) is 3.22. The molecule has 39 heavy (non-hydrogen) atoms. The summed E-state index contributed by atoms with van der Waals surface area (Å²) in [5.74, 6) is -1.45. The molecule has 3 aliphatic heterocycles. The molecule has 4 amide bonds. The van der Waals surface area contributed by atoms with Gasteiger partial charge in [0.25, 0.3) is 5.91 Å². The van der Waals surface area contributed by atoms with Crippen LogP contribution in [0.1, 0.15) is 28.8 Å². The van der Waals surface area contributed by atoms with Gasteiger partial charge in [0.05, 0.1) is 46.2 Å². The van der Waals surface area contributed by atoms with Crippen LogP contribution in [0.3, 0.4) is 0 Å². The first-order valence-electron chi connectivity index (χ1n) is 13.2. The van der Waals surface area contributed by atoms with E-state index >= 15 is 0 Å². The van der Waals surface area contributed by atoms with Crippen LogP contribution < -0.4 is 21.7 Å². The molecular formula is C26H37N5O8. The molecule has 214 valence electrons. The lowest BCUT2D eigenvalue weighted by molar-refractivity contribution is -0.137. The van der Waals surface area contributed by atoms with Gasteiger partial charge in [0.15, 0.2) is 0 Å². The first-order chi connectivity index (χ1) is 18.9. The molecule has 3 aliphatic rings. The van der Waals surface area contributed by atoms with Crippen molar-refractivity contribution in [2.24, 2.45) is 11.1 Å². The van der Waals surface area contributed by atoms with Crippen molar-refractivity contribution >= 4 is 29.3 Å². The van der Waals surface area contributed by atoms with E-state index in [0.29, 0.717) is 69.6 Å². The number of fused-ring (bicyclic) bond motifs is 1. The lowest BCUT2D eigenvalue weighted by Gasteiger charge is -2.41. The number of carbonyl (C=O) groups is 4. The van der Waals surface area contributed by atoms with Gasteiger partial charge in [0, 0.05) is 54.8 Å². The van der Waals surface area contributed by atoms with E-state index in [1.54, 1.807) is 18.2 Å². The van der Waals surface area contributed by atoms with Gasteiger partial charge >= 0.3 is 0 Å². The van der Waals surface area contributed by atoms with E-state index in [1.807, 2.05) is 0 Å². The number of nitrogens with one attached hydrogen (secondary N) is 3. The van der Waals surface area contributed by atoms with Crippen molar-refractivity contribution in [3.63, 3.8) is 0 Å². The molecule has 1 aromatic carbocycles. The molecule has 2 fully saturated rings. The van der Waals surface area contributed by atoms with Crippen molar-refractivity contribution in [2.45, 2.75) is 25.4 Å². The van der Waals surface area contributed by atoms with E-state index in [0.717, 1.165) is 13.1 Å². The first kappa shape index (κ1) is 29.1. The number of carbonyl (C=O) groups excluding carboxylic acids is 4. The number of ether oxygens (including phenoxy) is 4. The lowest BCUT2D eigenvalue weighted by Crippen LogP contribution is -2.59. The summed E-state index contributed by atoms with van der Waals surface area (Å²) in [5.41, 5.74) is 6.73. The SMILES string of the molecule is NCCOCCOCCOCC1(COCC(=O)Nc2cccc3c2CN(C2CCC(=O)NC2=O)C3=O)CNC1. The number of imide groups is 1. The third-order valence-electron chi connectivity index (χ3n) is 6.91. The van der Waals surface area contributed by atoms with Crippen molar-refractivity contribution in [3.8, 4) is 0 Å². The number of anilines is 1. The molecule has 13 nitrogen and oxygen atoms in total. The van der Waals surface area contributed by atoms with Gasteiger partial charge in [-0.05, 0) is 18.6 Å². The maximum absolute atomic E-state index is 13.0. The fraction of sp³-hybridized carbons (Fsp3) is 0.615. The second-order valence-corrected chi connectivity index (χ2v) is 9.94. The molecule has 3 heterocycles. The molecule has 1 atom stereocenters. The molecule has 5 N–H and O–H groups in total. The quantitative estimate of drug-likeness (QED) is 0.149. The summed E-state index contributed by atoms with van der Waals surface area (Å²) in [5, 5.41) is 8.35. The zero-order valence-electron chi connectivity index (χ0n) is 22.0. The highest BCUT2D eigenvalue weighted by Crippen LogP contribution is 2.32. The highest BCUT2D eigenvalue weighted by atomic mass is 16.5. The van der Waals surface area contributed by atoms with Gasteiger partial charge in [-0.3, -0.25) is 24.5 Å². The molecule has 0 saturated carbocycles. The van der Waals surface area contributed by atoms with Crippen LogP contribution in [0, 0.1) is 5.41 Å². The average molecular weight is 548 g/mol. The summed E-state index contributed by atoms with van der Waals surface area (Å²) in [7, 11) is 0. The number of hydrogen-bond acceptors (Lipinski definition) is 10. The molecule has 0 aliphatic carbocycles. The number of piperidine rings is 1. The van der Waals surface area contributed by atoms with Crippen LogP contribution in [0.5, 0.6) is 0 Å². The van der Waals surface area contributed by atoms with Gasteiger partial charge in [0.1, 0.15) is 12.6 Å². The topological polar surface area (TPSA) is 171 Å². The van der Waals surface area contributed by atoms with E-state index in [9.17, 15) is 19.2 Å². The fourth-order valence-electron chi connectivity index (χ4n) is 4.79. The fourth-order valence-corrected chi connectivity index (χ4v) is 4.79. The molecule has 1 unspecified atom stereocenters. The number of benzene rings is 1. The summed E-state index contributed by atoms with van der Waals surface area (Å²) < 4.78 is 22.2. The van der Waals surface area contributed by atoms with Crippen molar-refractivity contribution in [3.05, 3.63) is 29.3 Å². The van der Waals surface area contributed by atoms with Gasteiger partial charge in [-0.2, -0.15) is 0 Å². The van der Waals surface area contributed by atoms with Gasteiger partial charge in [-0.25, -0.2) is 0 Å². The summed E-state index contributed by atoms with van der Waals surface area (Å²) in [4.78, 5) is 50.9. The lowest BCUT2D eigenvalue weighted by atomic mass is 9.83. The standard InChI is InChI=1S/C26H37N5O8/c27-6-7-36-8-9-37-10-11-38-16-26(14-28-15-26)17-39-13-23(33)29-20-3-1-2-18-19(20)12-31(25(18)35)21-4-5-22(32)30-24(21)34/h1-3,21,28H,4-17,27H2,(H,29,33)(H,30,32,34). The Hall–Kier alpha value is -2.94. The predicted molar refractivity (Wildman–Crippen MR) is 139 cm³/mol. The van der Waals surface area contributed by atoms with Crippen LogP contribution in [0.2, 0.25) is 0 Å². The summed E-state index contributed by atoms with van der Waals surface area (Å²) in [6, 6.07) is 4.36. The number of amides is 4. The first-order valence-corrected chi connectivity index (χ1v) is 13.2. The smallest absolute Gasteiger partial charge is 0.255 e. The van der Waals surface area contributed by atoms with Crippen LogP contribution in [0.4, 0.5) is 5.69 Å². The number of rotatable bonds is 16. The number of hydrogen-bond donors (Lipinski definition) is 4. The molecule has 0 bridgehead atoms. The van der Waals surface area contributed by atoms with Gasteiger partial charge in [-0.1, -0.05) is 6.07 Å². The monoisotopic (exact) mass is 547 g/mol. The van der Waals surface area contributed by atoms with E-state index in [1.165, 1.54) is 4.90 Å². The molecule has 1 aromatic rings. The molecule has 0 radical (unpaired) electrons. The maximum atomic E-state index is 13.0. The minimum atomic E-state index is -0.717. The number of nitrogens with two attached hydrogens (primary N) is 1. The third kappa shape index (κ3) is 7.59. The van der Waals surface area contributed by atoms with E-state index in [2.05, 4.69) is 16.0 Å². The molecule has 0 aromatic heterocycles. The Morgan fingerprint density at radius 2 is 1.74 bits per heavy atom. The van der Waals surface area contributed by atoms with Gasteiger partial charge in [0.2, 0.25) is 17.7 Å². The highest BCUT2D eigenvalue weighted by molar-refractivity contribution is 6.06. The van der Waals surface area contributed by atoms with E-state index < -0.39 is 11.9 Å². The van der Waals surface area contributed by atoms with Crippen molar-refractivity contribution < 1.29 is 38.1 Å². The minimum absolute atomic E-state index is 0.151. The van der Waals surface area contributed by atoms with Crippen LogP contribution in [0.25, 0.3) is 0 Å². The van der Waals surface area contributed by atoms with Crippen LogP contribution in [0.15, 0.2) is 18.2 Å². The second kappa shape index (κ2) is 13.9. The van der Waals surface area contributed by atoms with Gasteiger partial charge in [-0.15, -0.1) is 0 Å².